The molecule has 0 radical (unpaired) electrons. The Kier molecular flexibility index (Phi) is 5.04. The van der Waals surface area contributed by atoms with E-state index in [4.69, 9.17) is 0 Å². The zero-order valence-corrected chi connectivity index (χ0v) is 13.5. The Hall–Kier alpha value is -0.0800. The van der Waals surface area contributed by atoms with Crippen molar-refractivity contribution >= 4 is 0 Å². The fraction of sp³-hybridized carbons (Fsp3) is 1.00. The minimum absolute atomic E-state index is 0.791. The monoisotopic (exact) mass is 278 g/mol. The molecule has 2 heteroatoms. The highest BCUT2D eigenvalue weighted by atomic mass is 15.2. The maximum absolute atomic E-state index is 3.62. The molecule has 3 aliphatic rings. The van der Waals surface area contributed by atoms with Crippen molar-refractivity contribution in [2.24, 2.45) is 5.41 Å². The molecular weight excluding hydrogens is 244 g/mol. The average molecular weight is 278 g/mol. The number of rotatable bonds is 4. The first-order valence-electron chi connectivity index (χ1n) is 9.29. The average Bonchev–Trinajstić information content (AvgIpc) is 2.95. The third-order valence-corrected chi connectivity index (χ3v) is 6.37. The van der Waals surface area contributed by atoms with Crippen molar-refractivity contribution in [3.8, 4) is 0 Å². The van der Waals surface area contributed by atoms with E-state index in [1.165, 1.54) is 77.4 Å². The van der Waals surface area contributed by atoms with Crippen molar-refractivity contribution < 1.29 is 0 Å². The van der Waals surface area contributed by atoms with E-state index in [1.54, 1.807) is 12.8 Å². The van der Waals surface area contributed by atoms with E-state index in [1.807, 2.05) is 0 Å². The van der Waals surface area contributed by atoms with Crippen LogP contribution < -0.4 is 5.32 Å². The standard InChI is InChI=1S/C18H34N2/c1-2-14-20(17-6-5-13-19-15-17)16-7-11-18(12-8-16)9-3-4-10-18/h16-17,19H,2-15H2,1H3. The SMILES string of the molecule is CCCN(C1CCC2(CCCC2)CC1)C1CCCNC1. The predicted octanol–water partition coefficient (Wildman–Crippen LogP) is 3.95. The van der Waals surface area contributed by atoms with Crippen molar-refractivity contribution in [1.29, 1.82) is 0 Å². The van der Waals surface area contributed by atoms with E-state index in [0.717, 1.165) is 17.5 Å². The van der Waals surface area contributed by atoms with E-state index in [0.29, 0.717) is 0 Å². The molecule has 1 aliphatic heterocycles. The van der Waals surface area contributed by atoms with E-state index in [9.17, 15) is 0 Å². The van der Waals surface area contributed by atoms with Gasteiger partial charge in [-0.2, -0.15) is 0 Å². The Morgan fingerprint density at radius 3 is 2.30 bits per heavy atom. The first-order chi connectivity index (χ1) is 9.83. The first-order valence-corrected chi connectivity index (χ1v) is 9.29. The van der Waals surface area contributed by atoms with Crippen molar-refractivity contribution in [3.63, 3.8) is 0 Å². The largest absolute Gasteiger partial charge is 0.315 e. The number of nitrogens with one attached hydrogen (secondary N) is 1. The van der Waals surface area contributed by atoms with Crippen LogP contribution in [-0.4, -0.2) is 36.6 Å². The fourth-order valence-electron chi connectivity index (χ4n) is 5.21. The number of nitrogens with zero attached hydrogens (tertiary/aromatic N) is 1. The molecule has 116 valence electrons. The number of piperidine rings is 1. The minimum atomic E-state index is 0.791. The normalized spacial score (nSPS) is 31.2. The third kappa shape index (κ3) is 3.22. The van der Waals surface area contributed by atoms with Gasteiger partial charge in [0, 0.05) is 18.6 Å². The van der Waals surface area contributed by atoms with Crippen LogP contribution in [0.15, 0.2) is 0 Å². The highest BCUT2D eigenvalue weighted by Gasteiger charge is 2.39. The third-order valence-electron chi connectivity index (χ3n) is 6.37. The Morgan fingerprint density at radius 1 is 0.950 bits per heavy atom. The van der Waals surface area contributed by atoms with E-state index >= 15 is 0 Å². The summed E-state index contributed by atoms with van der Waals surface area (Å²) in [6.45, 7) is 6.15. The smallest absolute Gasteiger partial charge is 0.0224 e. The van der Waals surface area contributed by atoms with Crippen LogP contribution in [0.25, 0.3) is 0 Å². The van der Waals surface area contributed by atoms with Gasteiger partial charge in [-0.3, -0.25) is 4.90 Å². The lowest BCUT2D eigenvalue weighted by atomic mass is 9.71. The van der Waals surface area contributed by atoms with Crippen molar-refractivity contribution in [2.45, 2.75) is 89.6 Å². The molecule has 1 N–H and O–H groups in total. The lowest BCUT2D eigenvalue weighted by Gasteiger charge is -2.45. The Balaban J connectivity index is 1.57. The van der Waals surface area contributed by atoms with Crippen LogP contribution in [0.3, 0.4) is 0 Å². The van der Waals surface area contributed by atoms with E-state index < -0.39 is 0 Å². The summed E-state index contributed by atoms with van der Waals surface area (Å²) in [6.07, 6.45) is 16.2. The van der Waals surface area contributed by atoms with Crippen LogP contribution in [0.4, 0.5) is 0 Å². The zero-order chi connectivity index (χ0) is 13.8. The van der Waals surface area contributed by atoms with Gasteiger partial charge in [0.1, 0.15) is 0 Å². The highest BCUT2D eigenvalue weighted by molar-refractivity contribution is 4.93. The second kappa shape index (κ2) is 6.79. The van der Waals surface area contributed by atoms with Gasteiger partial charge in [0.05, 0.1) is 0 Å². The summed E-state index contributed by atoms with van der Waals surface area (Å²) in [7, 11) is 0. The minimum Gasteiger partial charge on any atom is -0.315 e. The van der Waals surface area contributed by atoms with Gasteiger partial charge in [-0.1, -0.05) is 19.8 Å². The molecule has 0 aromatic rings. The molecule has 0 bridgehead atoms. The molecule has 0 aromatic carbocycles. The summed E-state index contributed by atoms with van der Waals surface area (Å²) in [6, 6.07) is 1.72. The van der Waals surface area contributed by atoms with Gasteiger partial charge in [-0.05, 0) is 76.3 Å². The summed E-state index contributed by atoms with van der Waals surface area (Å²) < 4.78 is 0. The molecular formula is C18H34N2. The highest BCUT2D eigenvalue weighted by Crippen LogP contribution is 2.49. The Morgan fingerprint density at radius 2 is 1.70 bits per heavy atom. The van der Waals surface area contributed by atoms with E-state index in [-0.39, 0.29) is 0 Å². The second-order valence-electron chi connectivity index (χ2n) is 7.68. The molecule has 1 unspecified atom stereocenters. The van der Waals surface area contributed by atoms with Gasteiger partial charge in [0.15, 0.2) is 0 Å². The summed E-state index contributed by atoms with van der Waals surface area (Å²) in [4.78, 5) is 2.90. The molecule has 2 nitrogen and oxygen atoms in total. The van der Waals surface area contributed by atoms with Gasteiger partial charge in [-0.25, -0.2) is 0 Å². The number of hydrogen-bond donors (Lipinski definition) is 1. The topological polar surface area (TPSA) is 15.3 Å². The van der Waals surface area contributed by atoms with Crippen LogP contribution in [0.1, 0.15) is 77.6 Å². The second-order valence-corrected chi connectivity index (χ2v) is 7.68. The van der Waals surface area contributed by atoms with Gasteiger partial charge in [0.25, 0.3) is 0 Å². The molecule has 0 aromatic heterocycles. The van der Waals surface area contributed by atoms with Crippen LogP contribution in [0.5, 0.6) is 0 Å². The van der Waals surface area contributed by atoms with Crippen molar-refractivity contribution in [3.05, 3.63) is 0 Å². The molecule has 2 saturated carbocycles. The molecule has 2 aliphatic carbocycles. The van der Waals surface area contributed by atoms with Crippen molar-refractivity contribution in [2.75, 3.05) is 19.6 Å². The molecule has 1 atom stereocenters. The zero-order valence-electron chi connectivity index (χ0n) is 13.5. The molecule has 0 amide bonds. The molecule has 1 saturated heterocycles. The summed E-state index contributed by atoms with van der Waals surface area (Å²) >= 11 is 0. The van der Waals surface area contributed by atoms with Gasteiger partial charge < -0.3 is 5.32 Å². The maximum atomic E-state index is 3.62. The van der Waals surface area contributed by atoms with Crippen molar-refractivity contribution in [1.82, 2.24) is 10.2 Å². The van der Waals surface area contributed by atoms with Gasteiger partial charge >= 0.3 is 0 Å². The molecule has 1 heterocycles. The Bertz CT molecular complexity index is 280. The molecule has 3 fully saturated rings. The molecule has 20 heavy (non-hydrogen) atoms. The fourth-order valence-corrected chi connectivity index (χ4v) is 5.21. The first kappa shape index (κ1) is 14.8. The molecule has 1 spiro atoms. The van der Waals surface area contributed by atoms with Crippen LogP contribution in [-0.2, 0) is 0 Å². The summed E-state index contributed by atoms with van der Waals surface area (Å²) in [5.41, 5.74) is 0.791. The predicted molar refractivity (Wildman–Crippen MR) is 86.0 cm³/mol. The lowest BCUT2D eigenvalue weighted by Crippen LogP contribution is -2.52. The molecule has 3 rings (SSSR count). The van der Waals surface area contributed by atoms with Gasteiger partial charge in [-0.15, -0.1) is 0 Å². The van der Waals surface area contributed by atoms with Crippen LogP contribution in [0, 0.1) is 5.41 Å². The lowest BCUT2D eigenvalue weighted by molar-refractivity contribution is 0.0512. The van der Waals surface area contributed by atoms with Gasteiger partial charge in [0.2, 0.25) is 0 Å². The Labute approximate surface area is 125 Å². The van der Waals surface area contributed by atoms with Crippen LogP contribution >= 0.6 is 0 Å². The number of hydrogen-bond acceptors (Lipinski definition) is 2. The maximum Gasteiger partial charge on any atom is 0.0224 e. The summed E-state index contributed by atoms with van der Waals surface area (Å²) in [5.74, 6) is 0. The van der Waals surface area contributed by atoms with Crippen LogP contribution in [0.2, 0.25) is 0 Å². The van der Waals surface area contributed by atoms with E-state index in [2.05, 4.69) is 17.1 Å². The quantitative estimate of drug-likeness (QED) is 0.837. The summed E-state index contributed by atoms with van der Waals surface area (Å²) in [5, 5.41) is 3.62.